The molecule has 6 atom stereocenters. The maximum absolute atomic E-state index is 15.0. The predicted molar refractivity (Wildman–Crippen MR) is 281 cm³/mol. The molecule has 6 unspecified atom stereocenters. The number of aliphatic hydroxyl groups is 2. The Morgan fingerprint density at radius 3 is 2.25 bits per heavy atom. The summed E-state index contributed by atoms with van der Waals surface area (Å²) in [6.45, 7) is 9.94. The lowest BCUT2D eigenvalue weighted by Gasteiger charge is -2.60. The van der Waals surface area contributed by atoms with Gasteiger partial charge in [0.1, 0.15) is 29.9 Å². The van der Waals surface area contributed by atoms with Crippen molar-refractivity contribution in [1.29, 1.82) is 0 Å². The number of allylic oxidation sites excluding steroid dienone is 1. The number of fused-ring (bicyclic) bond motifs is 2. The maximum atomic E-state index is 15.0. The smallest absolute Gasteiger partial charge is 0.412 e. The second kappa shape index (κ2) is 29.4. The third kappa shape index (κ3) is 15.2. The molecular formula is C59H83N3O9. The summed E-state index contributed by atoms with van der Waals surface area (Å²) in [5.74, 6) is -0.514. The van der Waals surface area contributed by atoms with E-state index in [1.807, 2.05) is 71.6 Å². The predicted octanol–water partition coefficient (Wildman–Crippen LogP) is 12.0. The second-order valence-corrected chi connectivity index (χ2v) is 19.6. The Kier molecular flexibility index (Phi) is 22.8. The molecule has 1 saturated carbocycles. The van der Waals surface area contributed by atoms with E-state index < -0.39 is 23.8 Å². The summed E-state index contributed by atoms with van der Waals surface area (Å²) in [5, 5.41) is 28.0. The first-order valence-corrected chi connectivity index (χ1v) is 26.9. The highest BCUT2D eigenvalue weighted by atomic mass is 16.7. The molecule has 388 valence electrons. The van der Waals surface area contributed by atoms with Gasteiger partial charge in [0.2, 0.25) is 11.7 Å². The third-order valence-electron chi connectivity index (χ3n) is 14.6. The lowest BCUT2D eigenvalue weighted by atomic mass is 9.55. The van der Waals surface area contributed by atoms with Crippen LogP contribution in [0.5, 0.6) is 17.2 Å². The van der Waals surface area contributed by atoms with Gasteiger partial charge < -0.3 is 44.2 Å². The molecule has 0 radical (unpaired) electrons. The van der Waals surface area contributed by atoms with E-state index in [0.29, 0.717) is 56.0 Å². The van der Waals surface area contributed by atoms with E-state index in [9.17, 15) is 15.0 Å². The van der Waals surface area contributed by atoms with Crippen molar-refractivity contribution in [2.75, 3.05) is 40.0 Å². The monoisotopic (exact) mass is 978 g/mol. The van der Waals surface area contributed by atoms with Gasteiger partial charge in [-0.25, -0.2) is 4.79 Å². The van der Waals surface area contributed by atoms with Gasteiger partial charge in [-0.05, 0) is 97.4 Å². The van der Waals surface area contributed by atoms with E-state index in [2.05, 4.69) is 31.8 Å². The van der Waals surface area contributed by atoms with Crippen LogP contribution in [0, 0.1) is 17.8 Å². The topological polar surface area (TPSA) is 148 Å². The minimum atomic E-state index is -1.41. The molecule has 0 aromatic heterocycles. The van der Waals surface area contributed by atoms with Gasteiger partial charge >= 0.3 is 6.09 Å². The average Bonchev–Trinajstić information content (AvgIpc) is 3.38. The van der Waals surface area contributed by atoms with E-state index in [4.69, 9.17) is 28.9 Å². The largest absolute Gasteiger partial charge is 0.497 e. The van der Waals surface area contributed by atoms with Crippen LogP contribution in [0.15, 0.2) is 102 Å². The number of oxime groups is 1. The number of hydrogen-bond donors (Lipinski definition) is 3. The Balaban J connectivity index is 1.40. The molecule has 2 aliphatic carbocycles. The van der Waals surface area contributed by atoms with Crippen molar-refractivity contribution in [1.82, 2.24) is 10.2 Å². The fourth-order valence-corrected chi connectivity index (χ4v) is 11.2. The summed E-state index contributed by atoms with van der Waals surface area (Å²) in [5.41, 5.74) is 4.35. The van der Waals surface area contributed by atoms with Crippen LogP contribution in [0.3, 0.4) is 0 Å². The van der Waals surface area contributed by atoms with Gasteiger partial charge in [-0.3, -0.25) is 4.79 Å². The van der Waals surface area contributed by atoms with E-state index in [0.717, 1.165) is 72.9 Å². The number of nitrogens with one attached hydrogen (secondary N) is 1. The minimum absolute atomic E-state index is 0.0149. The Bertz CT molecular complexity index is 2160. The van der Waals surface area contributed by atoms with Gasteiger partial charge in [0.25, 0.3) is 0 Å². The van der Waals surface area contributed by atoms with Crippen LogP contribution in [-0.2, 0) is 27.4 Å². The fourth-order valence-electron chi connectivity index (χ4n) is 11.2. The minimum Gasteiger partial charge on any atom is -0.497 e. The number of benzene rings is 3. The Hall–Kier alpha value is -5.17. The fraction of sp³-hybridized carbons (Fsp3) is 0.576. The van der Waals surface area contributed by atoms with Crippen molar-refractivity contribution in [2.45, 2.75) is 160 Å². The summed E-state index contributed by atoms with van der Waals surface area (Å²) < 4.78 is 26.2. The number of aliphatic hydroxyl groups excluding tert-OH is 2. The maximum Gasteiger partial charge on any atom is 0.412 e. The van der Waals surface area contributed by atoms with Crippen LogP contribution in [0.1, 0.15) is 152 Å². The zero-order valence-corrected chi connectivity index (χ0v) is 43.0. The molecule has 0 saturated heterocycles. The highest BCUT2D eigenvalue weighted by Crippen LogP contribution is 2.62. The summed E-state index contributed by atoms with van der Waals surface area (Å²) in [4.78, 5) is 36.7. The number of hydrogen-bond acceptors (Lipinski definition) is 10. The number of carbonyl (C=O) groups is 2. The molecular weight excluding hydrogens is 895 g/mol. The number of amides is 2. The molecule has 6 rings (SSSR count). The third-order valence-corrected chi connectivity index (χ3v) is 14.6. The molecule has 3 aliphatic rings. The number of ether oxygens (including phenoxy) is 4. The molecule has 0 bridgehead atoms. The van der Waals surface area contributed by atoms with Crippen molar-refractivity contribution in [3.8, 4) is 17.2 Å². The summed E-state index contributed by atoms with van der Waals surface area (Å²) in [6, 6.07) is 22.5. The lowest BCUT2D eigenvalue weighted by molar-refractivity contribution is -0.257. The van der Waals surface area contributed by atoms with Gasteiger partial charge in [-0.2, -0.15) is 0 Å². The average molecular weight is 978 g/mol. The van der Waals surface area contributed by atoms with Crippen molar-refractivity contribution in [3.05, 3.63) is 114 Å². The zero-order chi connectivity index (χ0) is 50.3. The number of rotatable bonds is 32. The molecule has 1 aliphatic heterocycles. The lowest BCUT2D eigenvalue weighted by Crippen LogP contribution is -2.70. The number of unbranched alkanes of at least 4 members (excludes halogenated alkanes) is 11. The SMILES string of the molecule is C=CCOC12Oc3ccc(OC(=O)NCCCCCCCCCCCC)cc3C3C(CCCCO)C(CCCCO)C=C(C(=NOCc4ccccc4)CC1N(CCC)C(=O)Cc1cccc(OC)c1)C32. The molecule has 2 amide bonds. The number of nitrogens with zero attached hydrogens (tertiary/aromatic N) is 2. The van der Waals surface area contributed by atoms with Crippen molar-refractivity contribution in [3.63, 3.8) is 0 Å². The highest BCUT2D eigenvalue weighted by molar-refractivity contribution is 6.03. The van der Waals surface area contributed by atoms with E-state index in [-0.39, 0.29) is 56.5 Å². The van der Waals surface area contributed by atoms with Gasteiger partial charge in [-0.1, -0.05) is 144 Å². The summed E-state index contributed by atoms with van der Waals surface area (Å²) in [7, 11) is 1.62. The molecule has 71 heavy (non-hydrogen) atoms. The molecule has 3 aromatic carbocycles. The van der Waals surface area contributed by atoms with Gasteiger partial charge in [0.05, 0.1) is 31.8 Å². The van der Waals surface area contributed by atoms with Crippen LogP contribution in [0.4, 0.5) is 4.79 Å². The highest BCUT2D eigenvalue weighted by Gasteiger charge is 2.65. The molecule has 12 heteroatoms. The van der Waals surface area contributed by atoms with Crippen molar-refractivity contribution in [2.24, 2.45) is 22.9 Å². The normalized spacial score (nSPS) is 21.6. The quantitative estimate of drug-likeness (QED) is 0.0316. The molecule has 12 nitrogen and oxygen atoms in total. The van der Waals surface area contributed by atoms with E-state index in [1.165, 1.54) is 44.9 Å². The molecule has 0 spiro atoms. The number of methoxy groups -OCH3 is 1. The van der Waals surface area contributed by atoms with E-state index in [1.54, 1.807) is 19.3 Å². The first-order valence-electron chi connectivity index (χ1n) is 26.9. The molecule has 3 N–H and O–H groups in total. The molecule has 3 aromatic rings. The molecule has 1 heterocycles. The standard InChI is InChI=1S/C59H83N3O9/c1-5-8-9-10-11-12-13-14-15-21-33-60-58(66)70-48-31-32-53-51(41-48)56-49(30-20-23-36-64)46(28-19-22-35-63)40-50-52(61-69-43-44-25-17-16-18-26-44)42-54(59(71-53,57(50)56)68-37-7-3)62(34-6-2)55(65)39-45-27-24-29-47(38-45)67-4/h7,16-18,24-27,29,31-32,38,40-41,46,49,54,56-57,63-64H,3,5-6,8-15,19-23,28,30,33-37,39,42-43H2,1-2,4H3,(H,60,66). The van der Waals surface area contributed by atoms with Crippen molar-refractivity contribution >= 4 is 17.7 Å². The second-order valence-electron chi connectivity index (χ2n) is 19.6. The van der Waals surface area contributed by atoms with Crippen LogP contribution < -0.4 is 19.5 Å². The molecule has 1 fully saturated rings. The Labute approximate surface area is 424 Å². The first-order chi connectivity index (χ1) is 34.8. The summed E-state index contributed by atoms with van der Waals surface area (Å²) >= 11 is 0. The number of carbonyl (C=O) groups excluding carboxylic acids is 2. The van der Waals surface area contributed by atoms with Crippen LogP contribution in [0.2, 0.25) is 0 Å². The van der Waals surface area contributed by atoms with Gasteiger partial charge in [0, 0.05) is 44.2 Å². The van der Waals surface area contributed by atoms with Crippen LogP contribution in [-0.4, -0.2) is 84.7 Å². The van der Waals surface area contributed by atoms with Crippen molar-refractivity contribution < 1.29 is 43.6 Å². The Morgan fingerprint density at radius 1 is 0.831 bits per heavy atom. The first kappa shape index (κ1) is 55.1. The Morgan fingerprint density at radius 2 is 1.55 bits per heavy atom. The summed E-state index contributed by atoms with van der Waals surface area (Å²) in [6.07, 6.45) is 21.3. The zero-order valence-electron chi connectivity index (χ0n) is 43.0. The van der Waals surface area contributed by atoms with Crippen LogP contribution in [0.25, 0.3) is 0 Å². The van der Waals surface area contributed by atoms with E-state index >= 15 is 4.79 Å². The van der Waals surface area contributed by atoms with Crippen LogP contribution >= 0.6 is 0 Å². The van der Waals surface area contributed by atoms with Gasteiger partial charge in [-0.15, -0.1) is 6.58 Å². The van der Waals surface area contributed by atoms with Gasteiger partial charge in [0.15, 0.2) is 0 Å².